The third kappa shape index (κ3) is 3.37. The van der Waals surface area contributed by atoms with E-state index < -0.39 is 11.6 Å². The van der Waals surface area contributed by atoms with Crippen molar-refractivity contribution in [2.75, 3.05) is 6.61 Å². The Morgan fingerprint density at radius 3 is 1.86 bits per heavy atom. The molecule has 3 nitrogen and oxygen atoms in total. The SMILES string of the molecule is CCCCCOC(C(=O)O)(c1ccccc1)c1ccccc1. The maximum atomic E-state index is 12.2. The van der Waals surface area contributed by atoms with Gasteiger partial charge in [0.1, 0.15) is 0 Å². The molecule has 0 aliphatic heterocycles. The first-order chi connectivity index (χ1) is 10.7. The van der Waals surface area contributed by atoms with E-state index in [1.165, 1.54) is 0 Å². The van der Waals surface area contributed by atoms with Crippen molar-refractivity contribution < 1.29 is 14.6 Å². The molecule has 3 heteroatoms. The first-order valence-electron chi connectivity index (χ1n) is 7.70. The number of aliphatic carboxylic acids is 1. The Morgan fingerprint density at radius 1 is 0.955 bits per heavy atom. The molecule has 0 unspecified atom stereocenters. The minimum Gasteiger partial charge on any atom is -0.479 e. The summed E-state index contributed by atoms with van der Waals surface area (Å²) in [5.74, 6) is -0.985. The summed E-state index contributed by atoms with van der Waals surface area (Å²) in [7, 11) is 0. The van der Waals surface area contributed by atoms with Crippen molar-refractivity contribution in [3.63, 3.8) is 0 Å². The Balaban J connectivity index is 2.44. The van der Waals surface area contributed by atoms with Crippen LogP contribution in [0, 0.1) is 0 Å². The molecule has 0 spiro atoms. The summed E-state index contributed by atoms with van der Waals surface area (Å²) in [6.45, 7) is 2.53. The molecule has 0 aromatic heterocycles. The first kappa shape index (κ1) is 16.2. The second-order valence-electron chi connectivity index (χ2n) is 5.27. The summed E-state index contributed by atoms with van der Waals surface area (Å²) in [5, 5.41) is 9.96. The Bertz CT molecular complexity index is 539. The average Bonchev–Trinajstić information content (AvgIpc) is 2.56. The van der Waals surface area contributed by atoms with Crippen molar-refractivity contribution in [2.24, 2.45) is 0 Å². The van der Waals surface area contributed by atoms with E-state index in [0.717, 1.165) is 19.3 Å². The van der Waals surface area contributed by atoms with Gasteiger partial charge in [-0.05, 0) is 17.5 Å². The minimum absolute atomic E-state index is 0.421. The van der Waals surface area contributed by atoms with Crippen molar-refractivity contribution in [1.82, 2.24) is 0 Å². The molecule has 0 aliphatic carbocycles. The van der Waals surface area contributed by atoms with Crippen molar-refractivity contribution in [1.29, 1.82) is 0 Å². The molecule has 0 aliphatic rings. The molecule has 0 saturated carbocycles. The van der Waals surface area contributed by atoms with Gasteiger partial charge in [-0.25, -0.2) is 4.79 Å². The Hall–Kier alpha value is -2.13. The highest BCUT2D eigenvalue weighted by molar-refractivity contribution is 5.84. The van der Waals surface area contributed by atoms with Crippen LogP contribution in [0.4, 0.5) is 0 Å². The highest BCUT2D eigenvalue weighted by Gasteiger charge is 2.43. The molecule has 0 amide bonds. The molecular weight excluding hydrogens is 276 g/mol. The zero-order valence-corrected chi connectivity index (χ0v) is 12.9. The Morgan fingerprint density at radius 2 is 1.45 bits per heavy atom. The number of unbranched alkanes of at least 4 members (excludes halogenated alkanes) is 2. The number of hydrogen-bond donors (Lipinski definition) is 1. The maximum Gasteiger partial charge on any atom is 0.345 e. The number of carboxylic acids is 1. The van der Waals surface area contributed by atoms with Gasteiger partial charge in [0.05, 0.1) is 0 Å². The van der Waals surface area contributed by atoms with Crippen LogP contribution in [-0.4, -0.2) is 17.7 Å². The zero-order chi connectivity index (χ0) is 15.8. The normalized spacial score (nSPS) is 11.3. The van der Waals surface area contributed by atoms with Crippen LogP contribution in [0.5, 0.6) is 0 Å². The van der Waals surface area contributed by atoms with Crippen LogP contribution in [0.25, 0.3) is 0 Å². The highest BCUT2D eigenvalue weighted by atomic mass is 16.5. The molecular formula is C19H22O3. The molecule has 2 rings (SSSR count). The van der Waals surface area contributed by atoms with E-state index >= 15 is 0 Å². The Labute approximate surface area is 131 Å². The first-order valence-corrected chi connectivity index (χ1v) is 7.70. The van der Waals surface area contributed by atoms with E-state index in [1.807, 2.05) is 36.4 Å². The third-order valence-corrected chi connectivity index (χ3v) is 3.73. The lowest BCUT2D eigenvalue weighted by atomic mass is 9.86. The predicted octanol–water partition coefficient (Wildman–Crippen LogP) is 4.22. The van der Waals surface area contributed by atoms with Crippen LogP contribution in [0.2, 0.25) is 0 Å². The smallest absolute Gasteiger partial charge is 0.345 e. The lowest BCUT2D eigenvalue weighted by Gasteiger charge is -2.31. The molecule has 2 aromatic rings. The number of rotatable bonds is 8. The molecule has 2 aromatic carbocycles. The standard InChI is InChI=1S/C19H22O3/c1-2-3-10-15-22-19(18(20)21,16-11-6-4-7-12-16)17-13-8-5-9-14-17/h4-9,11-14H,2-3,10,15H2,1H3,(H,20,21). The van der Waals surface area contributed by atoms with Crippen LogP contribution in [0.15, 0.2) is 60.7 Å². The van der Waals surface area contributed by atoms with Gasteiger partial charge < -0.3 is 9.84 Å². The summed E-state index contributed by atoms with van der Waals surface area (Å²) in [6.07, 6.45) is 2.95. The molecule has 0 heterocycles. The van der Waals surface area contributed by atoms with Gasteiger partial charge >= 0.3 is 5.97 Å². The fraction of sp³-hybridized carbons (Fsp3) is 0.316. The Kier molecular flexibility index (Phi) is 5.73. The van der Waals surface area contributed by atoms with E-state index in [4.69, 9.17) is 4.74 Å². The van der Waals surface area contributed by atoms with Gasteiger partial charge in [-0.3, -0.25) is 0 Å². The number of carbonyl (C=O) groups is 1. The number of carboxylic acid groups (broad SMARTS) is 1. The van der Waals surface area contributed by atoms with Gasteiger partial charge in [-0.2, -0.15) is 0 Å². The lowest BCUT2D eigenvalue weighted by Crippen LogP contribution is -2.40. The topological polar surface area (TPSA) is 46.5 Å². The molecule has 0 bridgehead atoms. The highest BCUT2D eigenvalue weighted by Crippen LogP contribution is 2.34. The summed E-state index contributed by atoms with van der Waals surface area (Å²) < 4.78 is 5.97. The molecule has 0 saturated heterocycles. The van der Waals surface area contributed by atoms with Gasteiger partial charge in [0.2, 0.25) is 5.60 Å². The van der Waals surface area contributed by atoms with Crippen molar-refractivity contribution in [3.05, 3.63) is 71.8 Å². The van der Waals surface area contributed by atoms with Crippen LogP contribution >= 0.6 is 0 Å². The number of hydrogen-bond acceptors (Lipinski definition) is 2. The van der Waals surface area contributed by atoms with E-state index in [1.54, 1.807) is 24.3 Å². The number of ether oxygens (including phenoxy) is 1. The van der Waals surface area contributed by atoms with Gasteiger partial charge in [-0.1, -0.05) is 80.4 Å². The van der Waals surface area contributed by atoms with Crippen LogP contribution in [-0.2, 0) is 15.1 Å². The average molecular weight is 298 g/mol. The fourth-order valence-corrected chi connectivity index (χ4v) is 2.57. The molecule has 1 N–H and O–H groups in total. The zero-order valence-electron chi connectivity index (χ0n) is 12.9. The van der Waals surface area contributed by atoms with Crippen molar-refractivity contribution >= 4 is 5.97 Å². The molecule has 0 fully saturated rings. The van der Waals surface area contributed by atoms with Gasteiger partial charge in [-0.15, -0.1) is 0 Å². The van der Waals surface area contributed by atoms with E-state index in [0.29, 0.717) is 17.7 Å². The minimum atomic E-state index is -1.45. The molecule has 0 radical (unpaired) electrons. The van der Waals surface area contributed by atoms with Crippen LogP contribution < -0.4 is 0 Å². The summed E-state index contributed by atoms with van der Waals surface area (Å²) in [6, 6.07) is 18.3. The summed E-state index contributed by atoms with van der Waals surface area (Å²) in [5.41, 5.74) is -0.161. The van der Waals surface area contributed by atoms with E-state index in [-0.39, 0.29) is 0 Å². The second-order valence-corrected chi connectivity index (χ2v) is 5.27. The van der Waals surface area contributed by atoms with E-state index in [9.17, 15) is 9.90 Å². The second kappa shape index (κ2) is 7.76. The predicted molar refractivity (Wildman–Crippen MR) is 86.8 cm³/mol. The van der Waals surface area contributed by atoms with Crippen molar-refractivity contribution in [2.45, 2.75) is 31.8 Å². The van der Waals surface area contributed by atoms with Gasteiger partial charge in [0.15, 0.2) is 0 Å². The molecule has 0 atom stereocenters. The summed E-state index contributed by atoms with van der Waals surface area (Å²) >= 11 is 0. The van der Waals surface area contributed by atoms with Crippen molar-refractivity contribution in [3.8, 4) is 0 Å². The van der Waals surface area contributed by atoms with Gasteiger partial charge in [0, 0.05) is 6.61 Å². The summed E-state index contributed by atoms with van der Waals surface area (Å²) in [4.78, 5) is 12.2. The van der Waals surface area contributed by atoms with Crippen LogP contribution in [0.3, 0.4) is 0 Å². The molecule has 22 heavy (non-hydrogen) atoms. The lowest BCUT2D eigenvalue weighted by molar-refractivity contribution is -0.161. The van der Waals surface area contributed by atoms with E-state index in [2.05, 4.69) is 6.92 Å². The fourth-order valence-electron chi connectivity index (χ4n) is 2.57. The van der Waals surface area contributed by atoms with Crippen LogP contribution in [0.1, 0.15) is 37.3 Å². The molecule has 116 valence electrons. The largest absolute Gasteiger partial charge is 0.479 e. The quantitative estimate of drug-likeness (QED) is 0.742. The number of benzene rings is 2. The third-order valence-electron chi connectivity index (χ3n) is 3.73. The maximum absolute atomic E-state index is 12.2. The monoisotopic (exact) mass is 298 g/mol. The van der Waals surface area contributed by atoms with Gasteiger partial charge in [0.25, 0.3) is 0 Å².